The molecule has 0 bridgehead atoms. The van der Waals surface area contributed by atoms with E-state index in [2.05, 4.69) is 15.8 Å². The Morgan fingerprint density at radius 2 is 1.70 bits per heavy atom. The van der Waals surface area contributed by atoms with Gasteiger partial charge in [-0.3, -0.25) is 9.59 Å². The van der Waals surface area contributed by atoms with Crippen molar-refractivity contribution in [3.8, 4) is 0 Å². The quantitative estimate of drug-likeness (QED) is 0.552. The summed E-state index contributed by atoms with van der Waals surface area (Å²) < 4.78 is 12.8. The summed E-state index contributed by atoms with van der Waals surface area (Å²) in [5, 5.41) is 9.36. The molecule has 0 saturated heterocycles. The molecule has 2 rings (SSSR count). The van der Waals surface area contributed by atoms with Crippen LogP contribution in [0.1, 0.15) is 31.4 Å². The largest absolute Gasteiger partial charge is 0.385 e. The predicted octanol–water partition coefficient (Wildman–Crippen LogP) is 3.23. The van der Waals surface area contributed by atoms with Crippen molar-refractivity contribution < 1.29 is 18.8 Å². The Morgan fingerprint density at radius 3 is 2.33 bits per heavy atom. The van der Waals surface area contributed by atoms with Gasteiger partial charge in [-0.05, 0) is 42.3 Å². The molecular formula is C20H22FN3O3. The van der Waals surface area contributed by atoms with Crippen molar-refractivity contribution in [1.29, 1.82) is 0 Å². The van der Waals surface area contributed by atoms with Gasteiger partial charge in [-0.1, -0.05) is 36.3 Å². The van der Waals surface area contributed by atoms with Gasteiger partial charge in [-0.25, -0.2) is 4.39 Å². The van der Waals surface area contributed by atoms with Crippen LogP contribution in [0.5, 0.6) is 0 Å². The molecule has 2 amide bonds. The molecule has 0 unspecified atom stereocenters. The molecule has 6 nitrogen and oxygen atoms in total. The number of amides is 2. The van der Waals surface area contributed by atoms with E-state index in [1.807, 2.05) is 12.1 Å². The highest BCUT2D eigenvalue weighted by Gasteiger charge is 2.04. The SMILES string of the molecule is CCC(=O)Nc1ccc(/C(C)=N/OCC(=O)NCc2ccc(F)cc2)cc1. The van der Waals surface area contributed by atoms with Crippen molar-refractivity contribution in [2.45, 2.75) is 26.8 Å². The molecule has 0 atom stereocenters. The van der Waals surface area contributed by atoms with Crippen LogP contribution in [-0.2, 0) is 21.0 Å². The van der Waals surface area contributed by atoms with E-state index >= 15 is 0 Å². The molecule has 2 aromatic carbocycles. The van der Waals surface area contributed by atoms with Gasteiger partial charge in [0, 0.05) is 18.7 Å². The van der Waals surface area contributed by atoms with Gasteiger partial charge in [0.25, 0.3) is 5.91 Å². The standard InChI is InChI=1S/C20H22FN3O3/c1-3-19(25)23-18-10-6-16(7-11-18)14(2)24-27-13-20(26)22-12-15-4-8-17(21)9-5-15/h4-11H,3,12-13H2,1-2H3,(H,22,26)(H,23,25)/b24-14+. The Balaban J connectivity index is 1.78. The molecule has 0 fully saturated rings. The molecule has 0 aliphatic carbocycles. The fourth-order valence-corrected chi connectivity index (χ4v) is 2.14. The normalized spacial score (nSPS) is 11.0. The average Bonchev–Trinajstić information content (AvgIpc) is 2.68. The molecular weight excluding hydrogens is 349 g/mol. The van der Waals surface area contributed by atoms with Crippen LogP contribution in [0, 0.1) is 5.82 Å². The van der Waals surface area contributed by atoms with E-state index in [9.17, 15) is 14.0 Å². The van der Waals surface area contributed by atoms with Crippen LogP contribution < -0.4 is 10.6 Å². The van der Waals surface area contributed by atoms with Crippen LogP contribution in [0.4, 0.5) is 10.1 Å². The van der Waals surface area contributed by atoms with E-state index in [1.165, 1.54) is 12.1 Å². The van der Waals surface area contributed by atoms with Gasteiger partial charge in [0.2, 0.25) is 5.91 Å². The van der Waals surface area contributed by atoms with E-state index in [0.29, 0.717) is 17.8 Å². The Hall–Kier alpha value is -3.22. The maximum absolute atomic E-state index is 12.8. The molecule has 0 aromatic heterocycles. The van der Waals surface area contributed by atoms with Crippen molar-refractivity contribution in [3.05, 3.63) is 65.5 Å². The lowest BCUT2D eigenvalue weighted by Crippen LogP contribution is -2.26. The summed E-state index contributed by atoms with van der Waals surface area (Å²) in [7, 11) is 0. The number of nitrogens with zero attached hydrogens (tertiary/aromatic N) is 1. The number of hydrogen-bond acceptors (Lipinski definition) is 4. The van der Waals surface area contributed by atoms with Gasteiger partial charge < -0.3 is 15.5 Å². The fourth-order valence-electron chi connectivity index (χ4n) is 2.14. The number of hydrogen-bond donors (Lipinski definition) is 2. The molecule has 0 aliphatic rings. The number of rotatable bonds is 8. The van der Waals surface area contributed by atoms with Gasteiger partial charge in [-0.15, -0.1) is 0 Å². The number of carbonyl (C=O) groups excluding carboxylic acids is 2. The van der Waals surface area contributed by atoms with E-state index < -0.39 is 0 Å². The molecule has 7 heteroatoms. The van der Waals surface area contributed by atoms with Crippen molar-refractivity contribution >= 4 is 23.2 Å². The Labute approximate surface area is 157 Å². The second kappa shape index (κ2) is 10.1. The first kappa shape index (κ1) is 20.1. The highest BCUT2D eigenvalue weighted by Crippen LogP contribution is 2.11. The summed E-state index contributed by atoms with van der Waals surface area (Å²) >= 11 is 0. The van der Waals surface area contributed by atoms with Crippen molar-refractivity contribution in [2.75, 3.05) is 11.9 Å². The molecule has 0 aliphatic heterocycles. The third-order valence-electron chi connectivity index (χ3n) is 3.71. The van der Waals surface area contributed by atoms with Crippen LogP contribution in [0.25, 0.3) is 0 Å². The molecule has 0 saturated carbocycles. The molecule has 0 spiro atoms. The van der Waals surface area contributed by atoms with Crippen LogP contribution in [-0.4, -0.2) is 24.1 Å². The summed E-state index contributed by atoms with van der Waals surface area (Å²) in [6.45, 7) is 3.61. The van der Waals surface area contributed by atoms with E-state index in [0.717, 1.165) is 11.1 Å². The van der Waals surface area contributed by atoms with Gasteiger partial charge in [0.1, 0.15) is 5.82 Å². The predicted molar refractivity (Wildman–Crippen MR) is 102 cm³/mol. The average molecular weight is 371 g/mol. The lowest BCUT2D eigenvalue weighted by molar-refractivity contribution is -0.125. The van der Waals surface area contributed by atoms with Crippen LogP contribution in [0.3, 0.4) is 0 Å². The minimum atomic E-state index is -0.325. The molecule has 27 heavy (non-hydrogen) atoms. The lowest BCUT2D eigenvalue weighted by atomic mass is 10.1. The van der Waals surface area contributed by atoms with E-state index in [1.54, 1.807) is 38.1 Å². The van der Waals surface area contributed by atoms with Gasteiger partial charge >= 0.3 is 0 Å². The first-order chi connectivity index (χ1) is 13.0. The minimum absolute atomic E-state index is 0.0527. The number of anilines is 1. The summed E-state index contributed by atoms with van der Waals surface area (Å²) in [5.74, 6) is -0.698. The molecule has 0 heterocycles. The van der Waals surface area contributed by atoms with Gasteiger partial charge in [-0.2, -0.15) is 0 Å². The molecule has 142 valence electrons. The highest BCUT2D eigenvalue weighted by atomic mass is 19.1. The lowest BCUT2D eigenvalue weighted by Gasteiger charge is -2.06. The molecule has 2 N–H and O–H groups in total. The third kappa shape index (κ3) is 6.89. The number of halogens is 1. The van der Waals surface area contributed by atoms with Gasteiger partial charge in [0.15, 0.2) is 6.61 Å². The summed E-state index contributed by atoms with van der Waals surface area (Å²) in [6, 6.07) is 13.0. The number of oxime groups is 1. The number of benzene rings is 2. The Morgan fingerprint density at radius 1 is 1.04 bits per heavy atom. The van der Waals surface area contributed by atoms with Crippen molar-refractivity contribution in [2.24, 2.45) is 5.16 Å². The first-order valence-electron chi connectivity index (χ1n) is 8.56. The summed E-state index contributed by atoms with van der Waals surface area (Å²) in [5.41, 5.74) is 2.92. The zero-order valence-electron chi connectivity index (χ0n) is 15.3. The van der Waals surface area contributed by atoms with Crippen molar-refractivity contribution in [1.82, 2.24) is 5.32 Å². The second-order valence-corrected chi connectivity index (χ2v) is 5.83. The Bertz CT molecular complexity index is 802. The van der Waals surface area contributed by atoms with Crippen LogP contribution in [0.2, 0.25) is 0 Å². The first-order valence-corrected chi connectivity index (χ1v) is 8.56. The number of nitrogens with one attached hydrogen (secondary N) is 2. The minimum Gasteiger partial charge on any atom is -0.385 e. The third-order valence-corrected chi connectivity index (χ3v) is 3.71. The van der Waals surface area contributed by atoms with Gasteiger partial charge in [0.05, 0.1) is 5.71 Å². The Kier molecular flexibility index (Phi) is 7.49. The van der Waals surface area contributed by atoms with E-state index in [-0.39, 0.29) is 30.8 Å². The van der Waals surface area contributed by atoms with Crippen LogP contribution in [0.15, 0.2) is 53.7 Å². The van der Waals surface area contributed by atoms with E-state index in [4.69, 9.17) is 4.84 Å². The topological polar surface area (TPSA) is 79.8 Å². The number of carbonyl (C=O) groups is 2. The monoisotopic (exact) mass is 371 g/mol. The molecule has 0 radical (unpaired) electrons. The second-order valence-electron chi connectivity index (χ2n) is 5.83. The summed E-state index contributed by atoms with van der Waals surface area (Å²) in [6.07, 6.45) is 0.416. The molecule has 2 aromatic rings. The fraction of sp³-hybridized carbons (Fsp3) is 0.250. The zero-order valence-corrected chi connectivity index (χ0v) is 15.3. The smallest absolute Gasteiger partial charge is 0.261 e. The summed E-state index contributed by atoms with van der Waals surface area (Å²) in [4.78, 5) is 28.2. The maximum atomic E-state index is 12.8. The highest BCUT2D eigenvalue weighted by molar-refractivity contribution is 5.99. The zero-order chi connectivity index (χ0) is 19.6. The van der Waals surface area contributed by atoms with Crippen LogP contribution >= 0.6 is 0 Å². The van der Waals surface area contributed by atoms with Crippen molar-refractivity contribution in [3.63, 3.8) is 0 Å². The maximum Gasteiger partial charge on any atom is 0.261 e.